The van der Waals surface area contributed by atoms with E-state index < -0.39 is 5.60 Å². The molecule has 110 valence electrons. The molecule has 1 aliphatic carbocycles. The van der Waals surface area contributed by atoms with Crippen molar-refractivity contribution in [1.82, 2.24) is 0 Å². The van der Waals surface area contributed by atoms with Crippen LogP contribution in [0.3, 0.4) is 0 Å². The zero-order chi connectivity index (χ0) is 14.8. The Hall–Kier alpha value is -1.35. The van der Waals surface area contributed by atoms with Crippen LogP contribution in [0.2, 0.25) is 0 Å². The second-order valence-electron chi connectivity index (χ2n) is 6.74. The second kappa shape index (κ2) is 5.96. The van der Waals surface area contributed by atoms with Crippen molar-refractivity contribution in [3.63, 3.8) is 0 Å². The summed E-state index contributed by atoms with van der Waals surface area (Å²) in [6.45, 7) is 5.66. The molecule has 1 saturated carbocycles. The quantitative estimate of drug-likeness (QED) is 0.839. The van der Waals surface area contributed by atoms with Gasteiger partial charge in [-0.1, -0.05) is 12.1 Å². The summed E-state index contributed by atoms with van der Waals surface area (Å²) in [5.74, 6) is 0.282. The van der Waals surface area contributed by atoms with Crippen LogP contribution >= 0.6 is 0 Å². The number of carbonyl (C=O) groups is 1. The van der Waals surface area contributed by atoms with Gasteiger partial charge in [0.05, 0.1) is 5.56 Å². The molecule has 1 aromatic rings. The Morgan fingerprint density at radius 2 is 1.85 bits per heavy atom. The van der Waals surface area contributed by atoms with Gasteiger partial charge in [0.15, 0.2) is 0 Å². The Labute approximate surface area is 121 Å². The van der Waals surface area contributed by atoms with E-state index in [0.717, 1.165) is 25.7 Å². The van der Waals surface area contributed by atoms with Gasteiger partial charge in [-0.15, -0.1) is 0 Å². The van der Waals surface area contributed by atoms with Crippen LogP contribution in [0.4, 0.5) is 0 Å². The van der Waals surface area contributed by atoms with Crippen LogP contribution in [-0.4, -0.2) is 17.6 Å². The molecule has 0 saturated heterocycles. The van der Waals surface area contributed by atoms with E-state index in [-0.39, 0.29) is 5.97 Å². The Bertz CT molecular complexity index is 468. The van der Waals surface area contributed by atoms with Crippen LogP contribution in [0.5, 0.6) is 0 Å². The monoisotopic (exact) mass is 275 g/mol. The molecule has 0 heterocycles. The van der Waals surface area contributed by atoms with Gasteiger partial charge in [0.25, 0.3) is 0 Å². The lowest BCUT2D eigenvalue weighted by atomic mass is 9.82. The smallest absolute Gasteiger partial charge is 0.338 e. The van der Waals surface area contributed by atoms with Gasteiger partial charge in [0.2, 0.25) is 0 Å². The molecule has 0 aliphatic heterocycles. The SMILES string of the molecule is CC(C)(C)OC(=O)c1cccc(C2CCC(N)CC2)c1. The number of ether oxygens (including phenoxy) is 1. The Morgan fingerprint density at radius 1 is 1.20 bits per heavy atom. The summed E-state index contributed by atoms with van der Waals surface area (Å²) in [5, 5.41) is 0. The number of carbonyl (C=O) groups excluding carboxylic acids is 1. The second-order valence-corrected chi connectivity index (χ2v) is 6.74. The maximum Gasteiger partial charge on any atom is 0.338 e. The molecular formula is C17H25NO2. The molecule has 2 rings (SSSR count). The van der Waals surface area contributed by atoms with E-state index in [4.69, 9.17) is 10.5 Å². The third-order valence-corrected chi connectivity index (χ3v) is 3.76. The fraction of sp³-hybridized carbons (Fsp3) is 0.588. The largest absolute Gasteiger partial charge is 0.456 e. The number of hydrogen-bond donors (Lipinski definition) is 1. The molecule has 0 spiro atoms. The first-order valence-electron chi connectivity index (χ1n) is 7.44. The maximum absolute atomic E-state index is 12.1. The molecule has 0 amide bonds. The van der Waals surface area contributed by atoms with Crippen LogP contribution in [0.15, 0.2) is 24.3 Å². The zero-order valence-electron chi connectivity index (χ0n) is 12.7. The predicted molar refractivity (Wildman–Crippen MR) is 80.8 cm³/mol. The lowest BCUT2D eigenvalue weighted by Gasteiger charge is -2.26. The van der Waals surface area contributed by atoms with E-state index in [0.29, 0.717) is 17.5 Å². The Balaban J connectivity index is 2.10. The lowest BCUT2D eigenvalue weighted by molar-refractivity contribution is 0.00694. The normalized spacial score (nSPS) is 23.4. The van der Waals surface area contributed by atoms with Gasteiger partial charge < -0.3 is 10.5 Å². The minimum atomic E-state index is -0.454. The summed E-state index contributed by atoms with van der Waals surface area (Å²) in [4.78, 5) is 12.1. The summed E-state index contributed by atoms with van der Waals surface area (Å²) in [6, 6.07) is 8.21. The number of benzene rings is 1. The average Bonchev–Trinajstić information content (AvgIpc) is 2.38. The highest BCUT2D eigenvalue weighted by molar-refractivity contribution is 5.89. The zero-order valence-corrected chi connectivity index (χ0v) is 12.7. The number of hydrogen-bond acceptors (Lipinski definition) is 3. The van der Waals surface area contributed by atoms with Crippen molar-refractivity contribution in [2.45, 2.75) is 64.0 Å². The number of rotatable bonds is 2. The maximum atomic E-state index is 12.1. The van der Waals surface area contributed by atoms with Crippen molar-refractivity contribution in [3.8, 4) is 0 Å². The van der Waals surface area contributed by atoms with Gasteiger partial charge in [0.1, 0.15) is 5.60 Å². The van der Waals surface area contributed by atoms with Crippen LogP contribution in [0.1, 0.15) is 68.3 Å². The van der Waals surface area contributed by atoms with Crippen LogP contribution in [-0.2, 0) is 4.74 Å². The molecule has 0 aromatic heterocycles. The van der Waals surface area contributed by atoms with Gasteiger partial charge in [-0.3, -0.25) is 0 Å². The highest BCUT2D eigenvalue weighted by atomic mass is 16.6. The van der Waals surface area contributed by atoms with Gasteiger partial charge in [-0.25, -0.2) is 4.79 Å². The van der Waals surface area contributed by atoms with Crippen LogP contribution in [0.25, 0.3) is 0 Å². The van der Waals surface area contributed by atoms with Crippen molar-refractivity contribution in [2.24, 2.45) is 5.73 Å². The first kappa shape index (κ1) is 15.0. The van der Waals surface area contributed by atoms with E-state index in [1.807, 2.05) is 39.0 Å². The predicted octanol–water partition coefficient (Wildman–Crippen LogP) is 3.63. The molecule has 1 aliphatic rings. The first-order chi connectivity index (χ1) is 9.35. The Morgan fingerprint density at radius 3 is 2.45 bits per heavy atom. The fourth-order valence-corrected chi connectivity index (χ4v) is 2.71. The summed E-state index contributed by atoms with van der Waals surface area (Å²) in [7, 11) is 0. The van der Waals surface area contributed by atoms with Crippen molar-refractivity contribution >= 4 is 5.97 Å². The third-order valence-electron chi connectivity index (χ3n) is 3.76. The first-order valence-corrected chi connectivity index (χ1v) is 7.44. The van der Waals surface area contributed by atoms with Gasteiger partial charge in [-0.2, -0.15) is 0 Å². The average molecular weight is 275 g/mol. The molecule has 0 bridgehead atoms. The molecule has 20 heavy (non-hydrogen) atoms. The summed E-state index contributed by atoms with van der Waals surface area (Å²) in [5.41, 5.74) is 7.38. The van der Waals surface area contributed by atoms with E-state index in [1.165, 1.54) is 5.56 Å². The highest BCUT2D eigenvalue weighted by Crippen LogP contribution is 2.32. The Kier molecular flexibility index (Phi) is 4.48. The van der Waals surface area contributed by atoms with Gasteiger partial charge in [-0.05, 0) is 70.1 Å². The minimum Gasteiger partial charge on any atom is -0.456 e. The number of nitrogens with two attached hydrogens (primary N) is 1. The van der Waals surface area contributed by atoms with Crippen molar-refractivity contribution in [3.05, 3.63) is 35.4 Å². The van der Waals surface area contributed by atoms with E-state index in [9.17, 15) is 4.79 Å². The topological polar surface area (TPSA) is 52.3 Å². The minimum absolute atomic E-state index is 0.244. The molecule has 2 N–H and O–H groups in total. The molecule has 0 unspecified atom stereocenters. The molecule has 0 atom stereocenters. The van der Waals surface area contributed by atoms with Crippen LogP contribution < -0.4 is 5.73 Å². The molecule has 1 fully saturated rings. The molecular weight excluding hydrogens is 250 g/mol. The van der Waals surface area contributed by atoms with Gasteiger partial charge in [0, 0.05) is 6.04 Å². The van der Waals surface area contributed by atoms with E-state index in [1.54, 1.807) is 0 Å². The summed E-state index contributed by atoms with van der Waals surface area (Å²) in [6.07, 6.45) is 4.36. The molecule has 3 nitrogen and oxygen atoms in total. The molecule has 3 heteroatoms. The summed E-state index contributed by atoms with van der Waals surface area (Å²) >= 11 is 0. The van der Waals surface area contributed by atoms with Crippen LogP contribution in [0, 0.1) is 0 Å². The van der Waals surface area contributed by atoms with Crippen molar-refractivity contribution in [1.29, 1.82) is 0 Å². The van der Waals surface area contributed by atoms with Crippen molar-refractivity contribution in [2.75, 3.05) is 0 Å². The molecule has 1 aromatic carbocycles. The third kappa shape index (κ3) is 4.07. The van der Waals surface area contributed by atoms with Gasteiger partial charge >= 0.3 is 5.97 Å². The van der Waals surface area contributed by atoms with E-state index >= 15 is 0 Å². The van der Waals surface area contributed by atoms with Crippen molar-refractivity contribution < 1.29 is 9.53 Å². The highest BCUT2D eigenvalue weighted by Gasteiger charge is 2.22. The standard InChI is InChI=1S/C17H25NO2/c1-17(2,3)20-16(19)14-6-4-5-13(11-14)12-7-9-15(18)10-8-12/h4-6,11-12,15H,7-10,18H2,1-3H3. The molecule has 0 radical (unpaired) electrons. The number of esters is 1. The van der Waals surface area contributed by atoms with E-state index in [2.05, 4.69) is 6.07 Å². The lowest BCUT2D eigenvalue weighted by Crippen LogP contribution is -2.26. The fourth-order valence-electron chi connectivity index (χ4n) is 2.71. The summed E-state index contributed by atoms with van der Waals surface area (Å²) < 4.78 is 5.42.